The number of carboxylic acids is 1. The Morgan fingerprint density at radius 3 is 2.36 bits per heavy atom. The number of alkyl halides is 3. The molecule has 0 aliphatic heterocycles. The zero-order valence-corrected chi connectivity index (χ0v) is 20.9. The Morgan fingerprint density at radius 2 is 1.75 bits per heavy atom. The first-order chi connectivity index (χ1) is 16.8. The summed E-state index contributed by atoms with van der Waals surface area (Å²) in [6.45, 7) is 6.97. The molecule has 0 aliphatic carbocycles. The normalized spacial score (nSPS) is 13.1. The van der Waals surface area contributed by atoms with Gasteiger partial charge in [0.2, 0.25) is 0 Å². The maximum atomic E-state index is 12.8. The molecule has 0 bridgehead atoms. The first-order valence-corrected chi connectivity index (χ1v) is 12.1. The van der Waals surface area contributed by atoms with Crippen molar-refractivity contribution < 1.29 is 27.8 Å². The Kier molecular flexibility index (Phi) is 6.79. The molecule has 0 saturated heterocycles. The van der Waals surface area contributed by atoms with Gasteiger partial charge in [-0.1, -0.05) is 12.1 Å². The SMILES string of the molecule is Cc1cc(SC(C)c2ccc3cn(-c4ccc(C(F)(F)F)cc4)nc3c2)ccc1OC(C)(C)C(=O)O. The van der Waals surface area contributed by atoms with Gasteiger partial charge < -0.3 is 9.84 Å². The summed E-state index contributed by atoms with van der Waals surface area (Å²) in [6.07, 6.45) is -2.59. The average Bonchev–Trinajstić information content (AvgIpc) is 3.23. The van der Waals surface area contributed by atoms with E-state index in [0.29, 0.717) is 11.4 Å². The number of hydrogen-bond acceptors (Lipinski definition) is 4. The Hall–Kier alpha value is -3.46. The molecule has 0 fully saturated rings. The lowest BCUT2D eigenvalue weighted by Crippen LogP contribution is -2.38. The molecule has 3 aromatic carbocycles. The Labute approximate surface area is 210 Å². The van der Waals surface area contributed by atoms with Crippen LogP contribution in [0, 0.1) is 6.92 Å². The highest BCUT2D eigenvalue weighted by atomic mass is 32.2. The van der Waals surface area contributed by atoms with Crippen molar-refractivity contribution >= 4 is 28.6 Å². The van der Waals surface area contributed by atoms with Crippen molar-refractivity contribution in [2.75, 3.05) is 0 Å². The standard InChI is InChI=1S/C27H25F3N2O3S/c1-16-13-22(11-12-24(16)35-26(3,4)25(33)34)36-17(2)18-5-6-19-15-32(31-23(19)14-18)21-9-7-20(8-10-21)27(28,29)30/h5-15,17H,1-4H3,(H,33,34). The molecular weight excluding hydrogens is 489 g/mol. The number of carbonyl (C=O) groups is 1. The van der Waals surface area contributed by atoms with Crippen LogP contribution >= 0.6 is 11.8 Å². The average molecular weight is 515 g/mol. The predicted molar refractivity (Wildman–Crippen MR) is 134 cm³/mol. The van der Waals surface area contributed by atoms with Gasteiger partial charge in [-0.25, -0.2) is 9.48 Å². The van der Waals surface area contributed by atoms with Crippen LogP contribution in [0.4, 0.5) is 13.2 Å². The molecule has 36 heavy (non-hydrogen) atoms. The van der Waals surface area contributed by atoms with Gasteiger partial charge in [-0.3, -0.25) is 0 Å². The van der Waals surface area contributed by atoms with Gasteiger partial charge in [0.25, 0.3) is 0 Å². The number of hydrogen-bond donors (Lipinski definition) is 1. The molecule has 1 aromatic heterocycles. The van der Waals surface area contributed by atoms with Crippen molar-refractivity contribution in [3.8, 4) is 11.4 Å². The van der Waals surface area contributed by atoms with Crippen LogP contribution in [-0.2, 0) is 11.0 Å². The van der Waals surface area contributed by atoms with E-state index in [1.54, 1.807) is 28.7 Å². The number of fused-ring (bicyclic) bond motifs is 1. The molecule has 1 N–H and O–H groups in total. The highest BCUT2D eigenvalue weighted by molar-refractivity contribution is 7.99. The second kappa shape index (κ2) is 9.54. The largest absolute Gasteiger partial charge is 0.478 e. The zero-order chi connectivity index (χ0) is 26.3. The molecule has 4 rings (SSSR count). The molecule has 0 radical (unpaired) electrons. The number of rotatable bonds is 7. The smallest absolute Gasteiger partial charge is 0.416 e. The highest BCUT2D eigenvalue weighted by Gasteiger charge is 2.30. The van der Waals surface area contributed by atoms with Gasteiger partial charge in [0.05, 0.1) is 16.8 Å². The third kappa shape index (κ3) is 5.51. The van der Waals surface area contributed by atoms with Crippen LogP contribution in [0.5, 0.6) is 5.75 Å². The second-order valence-electron chi connectivity index (χ2n) is 9.04. The molecule has 0 spiro atoms. The number of halogens is 3. The zero-order valence-electron chi connectivity index (χ0n) is 20.1. The van der Waals surface area contributed by atoms with E-state index in [1.807, 2.05) is 37.3 Å². The van der Waals surface area contributed by atoms with Gasteiger partial charge in [0.15, 0.2) is 5.60 Å². The first-order valence-electron chi connectivity index (χ1n) is 11.2. The number of nitrogens with zero attached hydrogens (tertiary/aromatic N) is 2. The minimum absolute atomic E-state index is 0.0900. The molecule has 0 amide bonds. The summed E-state index contributed by atoms with van der Waals surface area (Å²) in [5, 5.41) is 14.8. The van der Waals surface area contributed by atoms with Crippen LogP contribution < -0.4 is 4.74 Å². The molecule has 0 aliphatic rings. The number of thioether (sulfide) groups is 1. The van der Waals surface area contributed by atoms with Crippen LogP contribution in [0.3, 0.4) is 0 Å². The second-order valence-corrected chi connectivity index (χ2v) is 10.5. The van der Waals surface area contributed by atoms with Crippen molar-refractivity contribution in [3.05, 3.63) is 83.6 Å². The summed E-state index contributed by atoms with van der Waals surface area (Å²) in [5.74, 6) is -0.514. The molecule has 1 heterocycles. The van der Waals surface area contributed by atoms with E-state index >= 15 is 0 Å². The molecule has 188 valence electrons. The number of aromatic nitrogens is 2. The van der Waals surface area contributed by atoms with Crippen LogP contribution in [0.2, 0.25) is 0 Å². The Morgan fingerprint density at radius 1 is 1.06 bits per heavy atom. The minimum atomic E-state index is -4.38. The van der Waals surface area contributed by atoms with Gasteiger partial charge >= 0.3 is 12.1 Å². The Bertz CT molecular complexity index is 1410. The molecule has 0 saturated carbocycles. The lowest BCUT2D eigenvalue weighted by atomic mass is 10.1. The number of aryl methyl sites for hydroxylation is 1. The van der Waals surface area contributed by atoms with Crippen molar-refractivity contribution in [2.24, 2.45) is 0 Å². The summed E-state index contributed by atoms with van der Waals surface area (Å²) in [4.78, 5) is 12.4. The van der Waals surface area contributed by atoms with E-state index in [0.717, 1.165) is 39.1 Å². The maximum absolute atomic E-state index is 12.8. The van der Waals surface area contributed by atoms with Gasteiger partial charge in [-0.05, 0) is 87.4 Å². The lowest BCUT2D eigenvalue weighted by molar-refractivity contribution is -0.152. The third-order valence-corrected chi connectivity index (χ3v) is 6.95. The van der Waals surface area contributed by atoms with E-state index in [2.05, 4.69) is 12.0 Å². The van der Waals surface area contributed by atoms with E-state index < -0.39 is 23.3 Å². The summed E-state index contributed by atoms with van der Waals surface area (Å²) >= 11 is 1.65. The molecule has 9 heteroatoms. The lowest BCUT2D eigenvalue weighted by Gasteiger charge is -2.23. The Balaban J connectivity index is 1.51. The van der Waals surface area contributed by atoms with Crippen LogP contribution in [0.15, 0.2) is 71.8 Å². The maximum Gasteiger partial charge on any atom is 0.416 e. The third-order valence-electron chi connectivity index (χ3n) is 5.80. The van der Waals surface area contributed by atoms with Gasteiger partial charge in [-0.15, -0.1) is 11.8 Å². The van der Waals surface area contributed by atoms with Crippen LogP contribution in [0.25, 0.3) is 16.6 Å². The summed E-state index contributed by atoms with van der Waals surface area (Å²) in [7, 11) is 0. The van der Waals surface area contributed by atoms with Gasteiger partial charge in [0.1, 0.15) is 5.75 Å². The van der Waals surface area contributed by atoms with E-state index in [1.165, 1.54) is 26.0 Å². The number of carboxylic acid groups (broad SMARTS) is 1. The molecular formula is C27H25F3N2O3S. The fourth-order valence-corrected chi connectivity index (χ4v) is 4.70. The predicted octanol–water partition coefficient (Wildman–Crippen LogP) is 7.45. The van der Waals surface area contributed by atoms with Gasteiger partial charge in [-0.2, -0.15) is 18.3 Å². The van der Waals surface area contributed by atoms with Crippen molar-refractivity contribution in [3.63, 3.8) is 0 Å². The quantitative estimate of drug-likeness (QED) is 0.260. The summed E-state index contributed by atoms with van der Waals surface area (Å²) in [6, 6.07) is 16.5. The summed E-state index contributed by atoms with van der Waals surface area (Å²) in [5.41, 5.74) is 1.16. The van der Waals surface area contributed by atoms with Crippen LogP contribution in [-0.4, -0.2) is 26.5 Å². The molecule has 1 unspecified atom stereocenters. The monoisotopic (exact) mass is 514 g/mol. The molecule has 4 aromatic rings. The first kappa shape index (κ1) is 25.6. The number of ether oxygens (including phenoxy) is 1. The molecule has 5 nitrogen and oxygen atoms in total. The molecule has 1 atom stereocenters. The fourth-order valence-electron chi connectivity index (χ4n) is 3.62. The van der Waals surface area contributed by atoms with Gasteiger partial charge in [0, 0.05) is 21.7 Å². The number of benzene rings is 3. The van der Waals surface area contributed by atoms with E-state index in [-0.39, 0.29) is 5.25 Å². The number of aliphatic carboxylic acids is 1. The van der Waals surface area contributed by atoms with E-state index in [4.69, 9.17) is 4.74 Å². The van der Waals surface area contributed by atoms with E-state index in [9.17, 15) is 23.1 Å². The van der Waals surface area contributed by atoms with Crippen molar-refractivity contribution in [2.45, 2.75) is 49.6 Å². The topological polar surface area (TPSA) is 64.4 Å². The summed E-state index contributed by atoms with van der Waals surface area (Å²) < 4.78 is 45.8. The fraction of sp³-hybridized carbons (Fsp3) is 0.259. The minimum Gasteiger partial charge on any atom is -0.478 e. The van der Waals surface area contributed by atoms with Crippen LogP contribution in [0.1, 0.15) is 42.7 Å². The highest BCUT2D eigenvalue weighted by Crippen LogP contribution is 2.38. The van der Waals surface area contributed by atoms with Crippen molar-refractivity contribution in [1.29, 1.82) is 0 Å². The van der Waals surface area contributed by atoms with Crippen molar-refractivity contribution in [1.82, 2.24) is 9.78 Å².